The van der Waals surface area contributed by atoms with Crippen LogP contribution >= 0.6 is 0 Å². The first kappa shape index (κ1) is 20.6. The summed E-state index contributed by atoms with van der Waals surface area (Å²) in [5.41, 5.74) is 3.01. The molecule has 0 spiro atoms. The molecule has 0 aliphatic carbocycles. The Kier molecular flexibility index (Phi) is 6.28. The molecule has 0 aliphatic rings. The Balaban J connectivity index is 1.57. The first-order chi connectivity index (χ1) is 15.2. The van der Waals surface area contributed by atoms with Crippen LogP contribution < -0.4 is 10.2 Å². The monoisotopic (exact) mass is 418 g/mol. The summed E-state index contributed by atoms with van der Waals surface area (Å²) in [7, 11) is 0. The zero-order valence-corrected chi connectivity index (χ0v) is 17.7. The van der Waals surface area contributed by atoms with E-state index in [0.29, 0.717) is 17.9 Å². The van der Waals surface area contributed by atoms with Gasteiger partial charge in [-0.15, -0.1) is 0 Å². The SMILES string of the molecule is CCN(CC)CCNC(=O)c1ccc(N(c2ccoc2)c2nccn3ccnc23)cc1. The van der Waals surface area contributed by atoms with Crippen molar-refractivity contribution in [2.24, 2.45) is 0 Å². The molecule has 1 N–H and O–H groups in total. The minimum atomic E-state index is -0.0814. The van der Waals surface area contributed by atoms with Crippen LogP contribution in [0.15, 0.2) is 72.1 Å². The van der Waals surface area contributed by atoms with E-state index in [4.69, 9.17) is 4.42 Å². The van der Waals surface area contributed by atoms with Gasteiger partial charge in [0, 0.05) is 55.2 Å². The number of imidazole rings is 1. The van der Waals surface area contributed by atoms with Gasteiger partial charge in [0.1, 0.15) is 6.26 Å². The Bertz CT molecular complexity index is 1120. The quantitative estimate of drug-likeness (QED) is 0.445. The molecule has 0 bridgehead atoms. The maximum Gasteiger partial charge on any atom is 0.251 e. The van der Waals surface area contributed by atoms with Crippen LogP contribution in [0.4, 0.5) is 17.2 Å². The van der Waals surface area contributed by atoms with Crippen molar-refractivity contribution in [1.82, 2.24) is 24.6 Å². The molecule has 3 heterocycles. The first-order valence-corrected chi connectivity index (χ1v) is 10.4. The molecule has 8 nitrogen and oxygen atoms in total. The van der Waals surface area contributed by atoms with Crippen LogP contribution in [0.2, 0.25) is 0 Å². The van der Waals surface area contributed by atoms with E-state index in [9.17, 15) is 4.79 Å². The van der Waals surface area contributed by atoms with Crippen LogP contribution in [0.3, 0.4) is 0 Å². The molecule has 31 heavy (non-hydrogen) atoms. The van der Waals surface area contributed by atoms with Gasteiger partial charge in [-0.1, -0.05) is 13.8 Å². The maximum atomic E-state index is 12.5. The van der Waals surface area contributed by atoms with E-state index in [1.54, 1.807) is 24.9 Å². The normalized spacial score (nSPS) is 11.2. The number of furan rings is 1. The van der Waals surface area contributed by atoms with Crippen molar-refractivity contribution in [3.63, 3.8) is 0 Å². The summed E-state index contributed by atoms with van der Waals surface area (Å²) in [5.74, 6) is 0.590. The van der Waals surface area contributed by atoms with Gasteiger partial charge in [0.2, 0.25) is 0 Å². The number of hydrogen-bond acceptors (Lipinski definition) is 6. The zero-order chi connectivity index (χ0) is 21.6. The second kappa shape index (κ2) is 9.44. The lowest BCUT2D eigenvalue weighted by atomic mass is 10.1. The lowest BCUT2D eigenvalue weighted by Gasteiger charge is -2.22. The largest absolute Gasteiger partial charge is 0.470 e. The summed E-state index contributed by atoms with van der Waals surface area (Å²) in [6.45, 7) is 7.65. The van der Waals surface area contributed by atoms with Gasteiger partial charge in [-0.25, -0.2) is 9.97 Å². The van der Waals surface area contributed by atoms with Gasteiger partial charge < -0.3 is 19.0 Å². The van der Waals surface area contributed by atoms with Gasteiger partial charge in [-0.2, -0.15) is 0 Å². The van der Waals surface area contributed by atoms with Crippen molar-refractivity contribution in [3.8, 4) is 0 Å². The fraction of sp³-hybridized carbons (Fsp3) is 0.261. The number of carbonyl (C=O) groups is 1. The van der Waals surface area contributed by atoms with Gasteiger partial charge in [-0.3, -0.25) is 9.69 Å². The summed E-state index contributed by atoms with van der Waals surface area (Å²) in [6.07, 6.45) is 10.5. The molecule has 0 saturated heterocycles. The summed E-state index contributed by atoms with van der Waals surface area (Å²) in [4.78, 5) is 25.8. The zero-order valence-electron chi connectivity index (χ0n) is 17.7. The molecular weight excluding hydrogens is 392 g/mol. The molecule has 8 heteroatoms. The third-order valence-corrected chi connectivity index (χ3v) is 5.26. The van der Waals surface area contributed by atoms with E-state index in [1.807, 2.05) is 52.0 Å². The lowest BCUT2D eigenvalue weighted by Crippen LogP contribution is -2.34. The molecule has 0 fully saturated rings. The fourth-order valence-corrected chi connectivity index (χ4v) is 3.51. The molecule has 160 valence electrons. The Morgan fingerprint density at radius 2 is 1.77 bits per heavy atom. The molecule has 0 atom stereocenters. The number of likely N-dealkylation sites (N-methyl/N-ethyl adjacent to an activating group) is 1. The molecule has 1 amide bonds. The van der Waals surface area contributed by atoms with Crippen LogP contribution in [-0.4, -0.2) is 51.4 Å². The van der Waals surface area contributed by atoms with Gasteiger partial charge in [0.05, 0.1) is 12.0 Å². The molecule has 4 aromatic rings. The smallest absolute Gasteiger partial charge is 0.251 e. The number of benzene rings is 1. The third-order valence-electron chi connectivity index (χ3n) is 5.26. The van der Waals surface area contributed by atoms with Gasteiger partial charge in [-0.05, 0) is 37.4 Å². The number of fused-ring (bicyclic) bond motifs is 1. The number of amides is 1. The second-order valence-corrected chi connectivity index (χ2v) is 7.06. The van der Waals surface area contributed by atoms with Gasteiger partial charge in [0.15, 0.2) is 11.5 Å². The number of rotatable bonds is 9. The highest BCUT2D eigenvalue weighted by Gasteiger charge is 2.19. The Hall–Kier alpha value is -3.65. The minimum Gasteiger partial charge on any atom is -0.470 e. The van der Waals surface area contributed by atoms with Crippen molar-refractivity contribution in [1.29, 1.82) is 0 Å². The molecule has 0 saturated carbocycles. The predicted molar refractivity (Wildman–Crippen MR) is 120 cm³/mol. The lowest BCUT2D eigenvalue weighted by molar-refractivity contribution is 0.0949. The Morgan fingerprint density at radius 3 is 2.45 bits per heavy atom. The number of aromatic nitrogens is 3. The van der Waals surface area contributed by atoms with E-state index in [2.05, 4.69) is 34.0 Å². The number of carbonyl (C=O) groups excluding carboxylic acids is 1. The van der Waals surface area contributed by atoms with Crippen LogP contribution in [-0.2, 0) is 0 Å². The van der Waals surface area contributed by atoms with E-state index in [0.717, 1.165) is 36.7 Å². The molecule has 0 aliphatic heterocycles. The second-order valence-electron chi connectivity index (χ2n) is 7.06. The van der Waals surface area contributed by atoms with Crippen LogP contribution in [0.1, 0.15) is 24.2 Å². The molecule has 0 unspecified atom stereocenters. The predicted octanol–water partition coefficient (Wildman–Crippen LogP) is 3.86. The average molecular weight is 419 g/mol. The van der Waals surface area contributed by atoms with E-state index >= 15 is 0 Å². The average Bonchev–Trinajstić information content (AvgIpc) is 3.50. The standard InChI is InChI=1S/C23H26N6O2/c1-3-27(4-2)13-10-26-23(30)18-5-7-19(8-6-18)29(20-9-16-31-17-20)22-21-24-11-14-28(21)15-12-25-22/h5-9,11-12,14-17H,3-4,10,13H2,1-2H3,(H,26,30). The number of nitrogens with one attached hydrogen (secondary N) is 1. The minimum absolute atomic E-state index is 0.0814. The summed E-state index contributed by atoms with van der Waals surface area (Å²) < 4.78 is 7.22. The van der Waals surface area contributed by atoms with Crippen molar-refractivity contribution in [2.75, 3.05) is 31.1 Å². The van der Waals surface area contributed by atoms with Crippen LogP contribution in [0, 0.1) is 0 Å². The summed E-state index contributed by atoms with van der Waals surface area (Å²) in [5, 5.41) is 2.99. The van der Waals surface area contributed by atoms with Crippen LogP contribution in [0.25, 0.3) is 5.65 Å². The van der Waals surface area contributed by atoms with Crippen molar-refractivity contribution >= 4 is 28.7 Å². The topological polar surface area (TPSA) is 78.9 Å². The van der Waals surface area contributed by atoms with Gasteiger partial charge >= 0.3 is 0 Å². The molecule has 4 rings (SSSR count). The highest BCUT2D eigenvalue weighted by molar-refractivity contribution is 5.95. The first-order valence-electron chi connectivity index (χ1n) is 10.4. The fourth-order valence-electron chi connectivity index (χ4n) is 3.51. The molecule has 1 aromatic carbocycles. The summed E-state index contributed by atoms with van der Waals surface area (Å²) in [6, 6.07) is 9.31. The Morgan fingerprint density at radius 1 is 1.03 bits per heavy atom. The van der Waals surface area contributed by atoms with Crippen molar-refractivity contribution < 1.29 is 9.21 Å². The summed E-state index contributed by atoms with van der Waals surface area (Å²) >= 11 is 0. The van der Waals surface area contributed by atoms with E-state index in [-0.39, 0.29) is 5.91 Å². The number of hydrogen-bond donors (Lipinski definition) is 1. The Labute approximate surface area is 181 Å². The molecule has 0 radical (unpaired) electrons. The molecular formula is C23H26N6O2. The maximum absolute atomic E-state index is 12.5. The number of anilines is 3. The van der Waals surface area contributed by atoms with E-state index < -0.39 is 0 Å². The third kappa shape index (κ3) is 4.44. The van der Waals surface area contributed by atoms with Gasteiger partial charge in [0.25, 0.3) is 5.91 Å². The van der Waals surface area contributed by atoms with Crippen molar-refractivity contribution in [2.45, 2.75) is 13.8 Å². The number of nitrogens with zero attached hydrogens (tertiary/aromatic N) is 5. The molecule has 3 aromatic heterocycles. The van der Waals surface area contributed by atoms with E-state index in [1.165, 1.54) is 0 Å². The highest BCUT2D eigenvalue weighted by Crippen LogP contribution is 2.35. The van der Waals surface area contributed by atoms with Crippen LogP contribution in [0.5, 0.6) is 0 Å². The van der Waals surface area contributed by atoms with Crippen molar-refractivity contribution in [3.05, 3.63) is 73.2 Å². The highest BCUT2D eigenvalue weighted by atomic mass is 16.3.